The summed E-state index contributed by atoms with van der Waals surface area (Å²) in [7, 11) is 1.89. The summed E-state index contributed by atoms with van der Waals surface area (Å²) in [5.41, 5.74) is 2.30. The molecule has 0 fully saturated rings. The number of fused-ring (bicyclic) bond motifs is 1. The van der Waals surface area contributed by atoms with E-state index in [1.165, 1.54) is 6.20 Å². The Hall–Kier alpha value is -2.48. The maximum absolute atomic E-state index is 11.0. The molecule has 0 radical (unpaired) electrons. The average molecular weight is 289 g/mol. The molecule has 0 unspecified atom stereocenters. The minimum Gasteiger partial charge on any atom is -0.476 e. The van der Waals surface area contributed by atoms with E-state index < -0.39 is 5.97 Å². The molecular formula is C12H11N5O2S. The first kappa shape index (κ1) is 12.5. The fourth-order valence-corrected chi connectivity index (χ4v) is 2.55. The van der Waals surface area contributed by atoms with Gasteiger partial charge in [0.05, 0.1) is 12.1 Å². The van der Waals surface area contributed by atoms with E-state index in [1.54, 1.807) is 39.8 Å². The Bertz CT molecular complexity index is 752. The van der Waals surface area contributed by atoms with Crippen LogP contribution in [0.2, 0.25) is 0 Å². The lowest BCUT2D eigenvalue weighted by molar-refractivity contribution is 0.0691. The van der Waals surface area contributed by atoms with Crippen LogP contribution in [0.25, 0.3) is 5.65 Å². The molecule has 3 aromatic rings. The third-order valence-corrected chi connectivity index (χ3v) is 3.58. The van der Waals surface area contributed by atoms with Crippen molar-refractivity contribution in [2.75, 3.05) is 11.9 Å². The van der Waals surface area contributed by atoms with E-state index in [4.69, 9.17) is 5.11 Å². The number of carboxylic acids is 1. The van der Waals surface area contributed by atoms with Crippen molar-refractivity contribution in [3.63, 3.8) is 0 Å². The number of anilines is 1. The van der Waals surface area contributed by atoms with Gasteiger partial charge in [0.25, 0.3) is 0 Å². The summed E-state index contributed by atoms with van der Waals surface area (Å²) < 4.78 is 1.66. The van der Waals surface area contributed by atoms with Gasteiger partial charge in [-0.3, -0.25) is 4.98 Å². The highest BCUT2D eigenvalue weighted by Crippen LogP contribution is 2.20. The van der Waals surface area contributed by atoms with Gasteiger partial charge in [0, 0.05) is 36.7 Å². The van der Waals surface area contributed by atoms with Crippen molar-refractivity contribution < 1.29 is 9.90 Å². The molecule has 3 rings (SSSR count). The first-order valence-electron chi connectivity index (χ1n) is 5.80. The Kier molecular flexibility index (Phi) is 3.07. The normalized spacial score (nSPS) is 10.8. The third-order valence-electron chi connectivity index (χ3n) is 2.81. The molecule has 3 aromatic heterocycles. The minimum atomic E-state index is -1.05. The van der Waals surface area contributed by atoms with Gasteiger partial charge in [0.1, 0.15) is 0 Å². The maximum atomic E-state index is 11.0. The molecule has 0 aliphatic heterocycles. The molecule has 0 amide bonds. The summed E-state index contributed by atoms with van der Waals surface area (Å²) in [6.07, 6.45) is 6.58. The lowest BCUT2D eigenvalue weighted by Crippen LogP contribution is -2.18. The van der Waals surface area contributed by atoms with Gasteiger partial charge in [0.2, 0.25) is 0 Å². The number of hydrogen-bond acceptors (Lipinski definition) is 6. The maximum Gasteiger partial charge on any atom is 0.356 e. The Morgan fingerprint density at radius 2 is 2.40 bits per heavy atom. The van der Waals surface area contributed by atoms with Crippen LogP contribution in [0, 0.1) is 0 Å². The molecule has 7 nitrogen and oxygen atoms in total. The predicted molar refractivity (Wildman–Crippen MR) is 74.2 cm³/mol. The highest BCUT2D eigenvalue weighted by atomic mass is 32.1. The van der Waals surface area contributed by atoms with E-state index >= 15 is 0 Å². The van der Waals surface area contributed by atoms with Crippen LogP contribution in [0.3, 0.4) is 0 Å². The number of aromatic nitrogens is 4. The summed E-state index contributed by atoms with van der Waals surface area (Å²) in [6.45, 7) is 0.645. The summed E-state index contributed by atoms with van der Waals surface area (Å²) in [4.78, 5) is 26.4. The van der Waals surface area contributed by atoms with E-state index in [9.17, 15) is 4.79 Å². The van der Waals surface area contributed by atoms with Crippen molar-refractivity contribution in [2.45, 2.75) is 6.54 Å². The van der Waals surface area contributed by atoms with E-state index in [1.807, 2.05) is 11.9 Å². The molecule has 0 aromatic carbocycles. The molecule has 3 heterocycles. The van der Waals surface area contributed by atoms with Crippen molar-refractivity contribution in [1.82, 2.24) is 19.4 Å². The second kappa shape index (κ2) is 4.89. The first-order valence-corrected chi connectivity index (χ1v) is 6.68. The molecule has 0 aliphatic rings. The highest BCUT2D eigenvalue weighted by Gasteiger charge is 2.15. The van der Waals surface area contributed by atoms with E-state index in [-0.39, 0.29) is 5.69 Å². The molecule has 0 aliphatic carbocycles. The van der Waals surface area contributed by atoms with E-state index in [0.717, 1.165) is 4.88 Å². The van der Waals surface area contributed by atoms with Crippen LogP contribution < -0.4 is 4.90 Å². The number of thiazole rings is 1. The van der Waals surface area contributed by atoms with Crippen LogP contribution in [0.15, 0.2) is 30.3 Å². The predicted octanol–water partition coefficient (Wildman–Crippen LogP) is 1.52. The second-order valence-corrected chi connectivity index (χ2v) is 5.21. The SMILES string of the molecule is CN(Cc1cncs1)c1nccn2cc(C(=O)O)nc12. The van der Waals surface area contributed by atoms with Gasteiger partial charge >= 0.3 is 5.97 Å². The third kappa shape index (κ3) is 2.21. The average Bonchev–Trinajstić information content (AvgIpc) is 3.05. The largest absolute Gasteiger partial charge is 0.476 e. The van der Waals surface area contributed by atoms with E-state index in [0.29, 0.717) is 18.0 Å². The number of rotatable bonds is 4. The van der Waals surface area contributed by atoms with Crippen LogP contribution >= 0.6 is 11.3 Å². The van der Waals surface area contributed by atoms with Crippen molar-refractivity contribution in [2.24, 2.45) is 0 Å². The van der Waals surface area contributed by atoms with Crippen molar-refractivity contribution >= 4 is 28.8 Å². The fraction of sp³-hybridized carbons (Fsp3) is 0.167. The molecule has 0 spiro atoms. The van der Waals surface area contributed by atoms with Gasteiger partial charge in [0.15, 0.2) is 17.2 Å². The zero-order chi connectivity index (χ0) is 14.1. The molecule has 0 saturated heterocycles. The molecule has 8 heteroatoms. The number of aromatic carboxylic acids is 1. The highest BCUT2D eigenvalue weighted by molar-refractivity contribution is 7.09. The van der Waals surface area contributed by atoms with Gasteiger partial charge in [-0.1, -0.05) is 0 Å². The fourth-order valence-electron chi connectivity index (χ4n) is 1.91. The van der Waals surface area contributed by atoms with Gasteiger partial charge in [-0.15, -0.1) is 11.3 Å². The molecule has 1 N–H and O–H groups in total. The van der Waals surface area contributed by atoms with Crippen molar-refractivity contribution in [3.8, 4) is 0 Å². The zero-order valence-corrected chi connectivity index (χ0v) is 11.4. The minimum absolute atomic E-state index is 0.00504. The van der Waals surface area contributed by atoms with Crippen molar-refractivity contribution in [3.05, 3.63) is 40.9 Å². The smallest absolute Gasteiger partial charge is 0.356 e. The molecule has 0 saturated carbocycles. The van der Waals surface area contributed by atoms with Gasteiger partial charge in [-0.05, 0) is 0 Å². The molecular weight excluding hydrogens is 278 g/mol. The molecule has 0 bridgehead atoms. The quantitative estimate of drug-likeness (QED) is 0.784. The molecule has 0 atom stereocenters. The van der Waals surface area contributed by atoms with Gasteiger partial charge < -0.3 is 14.4 Å². The standard InChI is InChI=1S/C12H11N5O2S/c1-16(5-8-4-13-7-20-8)10-11-15-9(12(18)19)6-17(11)3-2-14-10/h2-4,6-7H,5H2,1H3,(H,18,19). The van der Waals surface area contributed by atoms with Gasteiger partial charge in [-0.2, -0.15) is 0 Å². The number of carbonyl (C=O) groups is 1. The number of carboxylic acid groups (broad SMARTS) is 1. The first-order chi connectivity index (χ1) is 9.65. The monoisotopic (exact) mass is 289 g/mol. The summed E-state index contributed by atoms with van der Waals surface area (Å²) in [5, 5.41) is 9.01. The van der Waals surface area contributed by atoms with Crippen LogP contribution in [-0.2, 0) is 6.54 Å². The topological polar surface area (TPSA) is 83.6 Å². The van der Waals surface area contributed by atoms with Gasteiger partial charge in [-0.25, -0.2) is 14.8 Å². The Labute approximate surface area is 118 Å². The summed E-state index contributed by atoms with van der Waals surface area (Å²) >= 11 is 1.56. The second-order valence-electron chi connectivity index (χ2n) is 4.24. The Morgan fingerprint density at radius 3 is 3.10 bits per heavy atom. The number of imidazole rings is 1. The molecule has 102 valence electrons. The van der Waals surface area contributed by atoms with Crippen LogP contribution in [0.4, 0.5) is 5.82 Å². The van der Waals surface area contributed by atoms with E-state index in [2.05, 4.69) is 15.0 Å². The van der Waals surface area contributed by atoms with Crippen molar-refractivity contribution in [1.29, 1.82) is 0 Å². The molecule has 20 heavy (non-hydrogen) atoms. The van der Waals surface area contributed by atoms with Crippen LogP contribution in [-0.4, -0.2) is 37.5 Å². The summed E-state index contributed by atoms with van der Waals surface area (Å²) in [5.74, 6) is -0.418. The van der Waals surface area contributed by atoms with Crippen LogP contribution in [0.1, 0.15) is 15.4 Å². The number of nitrogens with zero attached hydrogens (tertiary/aromatic N) is 5. The number of hydrogen-bond donors (Lipinski definition) is 1. The van der Waals surface area contributed by atoms with Crippen LogP contribution in [0.5, 0.6) is 0 Å². The lowest BCUT2D eigenvalue weighted by atomic mass is 10.4. The Balaban J connectivity index is 2.00. The summed E-state index contributed by atoms with van der Waals surface area (Å²) in [6, 6.07) is 0. The zero-order valence-electron chi connectivity index (χ0n) is 10.6. The lowest BCUT2D eigenvalue weighted by Gasteiger charge is -2.17. The Morgan fingerprint density at radius 1 is 1.55 bits per heavy atom.